The van der Waals surface area contributed by atoms with E-state index < -0.39 is 23.8 Å². The van der Waals surface area contributed by atoms with Gasteiger partial charge in [0.15, 0.2) is 5.96 Å². The minimum Gasteiger partial charge on any atom is -0.496 e. The molecule has 0 spiro atoms. The number of benzene rings is 2. The van der Waals surface area contributed by atoms with E-state index in [-0.39, 0.29) is 31.0 Å². The molecular formula is C20H26N6O4. The van der Waals surface area contributed by atoms with Crippen LogP contribution in [0.2, 0.25) is 0 Å². The molecule has 0 radical (unpaired) electrons. The smallest absolute Gasteiger partial charge is 0.258 e. The van der Waals surface area contributed by atoms with Crippen LogP contribution in [-0.4, -0.2) is 49.9 Å². The molecule has 2 aromatic rings. The summed E-state index contributed by atoms with van der Waals surface area (Å²) in [5.41, 5.74) is 16.1. The highest BCUT2D eigenvalue weighted by Crippen LogP contribution is 2.27. The van der Waals surface area contributed by atoms with E-state index in [2.05, 4.69) is 15.6 Å². The number of hydrogen-bond donors (Lipinski definition) is 5. The number of carbonyl (C=O) groups excluding carboxylic acids is 3. The number of imide groups is 1. The quantitative estimate of drug-likeness (QED) is 0.211. The van der Waals surface area contributed by atoms with Crippen LogP contribution in [0, 0.1) is 0 Å². The molecule has 0 fully saturated rings. The molecule has 0 saturated carbocycles. The van der Waals surface area contributed by atoms with Gasteiger partial charge < -0.3 is 27.3 Å². The first-order chi connectivity index (χ1) is 14.3. The molecule has 0 aliphatic rings. The molecule has 0 aliphatic heterocycles. The van der Waals surface area contributed by atoms with Crippen molar-refractivity contribution < 1.29 is 19.1 Å². The van der Waals surface area contributed by atoms with Gasteiger partial charge in [-0.1, -0.05) is 24.3 Å². The third-order valence-electron chi connectivity index (χ3n) is 4.33. The summed E-state index contributed by atoms with van der Waals surface area (Å²) in [5.74, 6) is -1.34. The van der Waals surface area contributed by atoms with Crippen LogP contribution in [0.4, 0.5) is 0 Å². The van der Waals surface area contributed by atoms with E-state index in [1.54, 1.807) is 12.1 Å². The monoisotopic (exact) mass is 414 g/mol. The van der Waals surface area contributed by atoms with Crippen molar-refractivity contribution >= 4 is 34.5 Å². The van der Waals surface area contributed by atoms with Crippen LogP contribution in [0.15, 0.2) is 41.4 Å². The van der Waals surface area contributed by atoms with E-state index in [4.69, 9.17) is 21.9 Å². The summed E-state index contributed by atoms with van der Waals surface area (Å²) in [6, 6.07) is 9.66. The number of amides is 3. The molecule has 0 bridgehead atoms. The Balaban J connectivity index is 2.15. The van der Waals surface area contributed by atoms with Crippen molar-refractivity contribution in [1.29, 1.82) is 0 Å². The third-order valence-corrected chi connectivity index (χ3v) is 4.33. The molecule has 3 amide bonds. The molecule has 0 saturated heterocycles. The molecule has 2 aromatic carbocycles. The molecule has 0 aromatic heterocycles. The van der Waals surface area contributed by atoms with Crippen LogP contribution in [0.1, 0.15) is 23.2 Å². The summed E-state index contributed by atoms with van der Waals surface area (Å²) in [6.45, 7) is -0.00602. The summed E-state index contributed by atoms with van der Waals surface area (Å²) in [7, 11) is 1.50. The topological polar surface area (TPSA) is 175 Å². The van der Waals surface area contributed by atoms with Gasteiger partial charge in [-0.05, 0) is 30.4 Å². The van der Waals surface area contributed by atoms with Crippen LogP contribution < -0.4 is 32.6 Å². The Morgan fingerprint density at radius 2 is 1.90 bits per heavy atom. The largest absolute Gasteiger partial charge is 0.496 e. The zero-order valence-electron chi connectivity index (χ0n) is 16.7. The highest BCUT2D eigenvalue weighted by atomic mass is 16.5. The fourth-order valence-corrected chi connectivity index (χ4v) is 2.87. The fraction of sp³-hybridized carbons (Fsp3) is 0.300. The lowest BCUT2D eigenvalue weighted by Crippen LogP contribution is -2.49. The minimum absolute atomic E-state index is 0.0672. The molecule has 1 unspecified atom stereocenters. The number of aliphatic imine (C=N–C) groups is 1. The summed E-state index contributed by atoms with van der Waals surface area (Å²) >= 11 is 0. The van der Waals surface area contributed by atoms with Crippen molar-refractivity contribution in [2.75, 3.05) is 20.2 Å². The van der Waals surface area contributed by atoms with Crippen molar-refractivity contribution in [1.82, 2.24) is 10.6 Å². The molecule has 8 N–H and O–H groups in total. The van der Waals surface area contributed by atoms with Gasteiger partial charge in [0, 0.05) is 17.5 Å². The number of nitrogens with two attached hydrogens (primary N) is 3. The molecule has 30 heavy (non-hydrogen) atoms. The number of nitrogens with one attached hydrogen (secondary N) is 2. The number of nitrogens with zero attached hydrogens (tertiary/aromatic N) is 1. The van der Waals surface area contributed by atoms with E-state index in [0.717, 1.165) is 10.8 Å². The maximum absolute atomic E-state index is 12.7. The van der Waals surface area contributed by atoms with Gasteiger partial charge >= 0.3 is 0 Å². The lowest BCUT2D eigenvalue weighted by atomic mass is 10.0. The zero-order valence-corrected chi connectivity index (χ0v) is 16.7. The Morgan fingerprint density at radius 3 is 2.57 bits per heavy atom. The van der Waals surface area contributed by atoms with Gasteiger partial charge in [0.05, 0.1) is 13.7 Å². The first kappa shape index (κ1) is 22.6. The molecule has 10 heteroatoms. The molecule has 0 aliphatic carbocycles. The normalized spacial score (nSPS) is 11.4. The summed E-state index contributed by atoms with van der Waals surface area (Å²) < 4.78 is 5.35. The van der Waals surface area contributed by atoms with Crippen molar-refractivity contribution in [2.24, 2.45) is 22.2 Å². The molecule has 1 atom stereocenters. The van der Waals surface area contributed by atoms with Crippen molar-refractivity contribution in [3.63, 3.8) is 0 Å². The molecular weight excluding hydrogens is 388 g/mol. The van der Waals surface area contributed by atoms with E-state index in [9.17, 15) is 14.4 Å². The maximum Gasteiger partial charge on any atom is 0.258 e. The van der Waals surface area contributed by atoms with E-state index in [1.165, 1.54) is 7.11 Å². The number of rotatable bonds is 9. The van der Waals surface area contributed by atoms with Crippen LogP contribution in [-0.2, 0) is 9.59 Å². The summed E-state index contributed by atoms with van der Waals surface area (Å²) in [5, 5.41) is 6.45. The van der Waals surface area contributed by atoms with Gasteiger partial charge in [0.1, 0.15) is 11.8 Å². The minimum atomic E-state index is -0.957. The number of fused-ring (bicyclic) bond motifs is 1. The van der Waals surface area contributed by atoms with Gasteiger partial charge in [-0.25, -0.2) is 0 Å². The number of carbonyl (C=O) groups is 3. The molecule has 10 nitrogen and oxygen atoms in total. The predicted octanol–water partition coefficient (Wildman–Crippen LogP) is -0.398. The number of hydrogen-bond acceptors (Lipinski definition) is 6. The maximum atomic E-state index is 12.7. The van der Waals surface area contributed by atoms with E-state index in [0.29, 0.717) is 12.2 Å². The second-order valence-electron chi connectivity index (χ2n) is 6.49. The van der Waals surface area contributed by atoms with E-state index >= 15 is 0 Å². The fourth-order valence-electron chi connectivity index (χ4n) is 2.87. The van der Waals surface area contributed by atoms with Crippen LogP contribution in [0.25, 0.3) is 10.8 Å². The second-order valence-corrected chi connectivity index (χ2v) is 6.49. The number of ether oxygens (including phenoxy) is 1. The molecule has 0 heterocycles. The SMILES string of the molecule is COc1cc(C(=O)NC(=O)C(CCCN=C(N)N)NC(=O)CN)cc2ccccc12. The summed E-state index contributed by atoms with van der Waals surface area (Å²) in [4.78, 5) is 40.8. The Kier molecular flexibility index (Phi) is 8.12. The van der Waals surface area contributed by atoms with Gasteiger partial charge in [-0.15, -0.1) is 0 Å². The van der Waals surface area contributed by atoms with Gasteiger partial charge in [-0.2, -0.15) is 0 Å². The van der Waals surface area contributed by atoms with Crippen LogP contribution in [0.5, 0.6) is 5.75 Å². The van der Waals surface area contributed by atoms with Crippen molar-refractivity contribution in [3.8, 4) is 5.75 Å². The average Bonchev–Trinajstić information content (AvgIpc) is 2.74. The molecule has 2 rings (SSSR count). The molecule has 160 valence electrons. The van der Waals surface area contributed by atoms with Crippen molar-refractivity contribution in [3.05, 3.63) is 42.0 Å². The van der Waals surface area contributed by atoms with Gasteiger partial charge in [0.2, 0.25) is 11.8 Å². The number of guanidine groups is 1. The Bertz CT molecular complexity index is 955. The van der Waals surface area contributed by atoms with Gasteiger partial charge in [0.25, 0.3) is 5.91 Å². The highest BCUT2D eigenvalue weighted by molar-refractivity contribution is 6.09. The Morgan fingerprint density at radius 1 is 1.17 bits per heavy atom. The Hall–Kier alpha value is -3.66. The predicted molar refractivity (Wildman–Crippen MR) is 114 cm³/mol. The zero-order chi connectivity index (χ0) is 22.1. The van der Waals surface area contributed by atoms with Gasteiger partial charge in [-0.3, -0.25) is 24.7 Å². The first-order valence-electron chi connectivity index (χ1n) is 9.32. The van der Waals surface area contributed by atoms with Crippen LogP contribution in [0.3, 0.4) is 0 Å². The summed E-state index contributed by atoms with van der Waals surface area (Å²) in [6.07, 6.45) is 0.640. The van der Waals surface area contributed by atoms with E-state index in [1.807, 2.05) is 24.3 Å². The van der Waals surface area contributed by atoms with Crippen molar-refractivity contribution in [2.45, 2.75) is 18.9 Å². The second kappa shape index (κ2) is 10.8. The lowest BCUT2D eigenvalue weighted by Gasteiger charge is -2.17. The van der Waals surface area contributed by atoms with Crippen LogP contribution >= 0.6 is 0 Å². The highest BCUT2D eigenvalue weighted by Gasteiger charge is 2.23. The first-order valence-corrected chi connectivity index (χ1v) is 9.32. The third kappa shape index (κ3) is 6.17. The number of methoxy groups -OCH3 is 1. The average molecular weight is 414 g/mol. The standard InChI is InChI=1S/C20H26N6O4/c1-30-16-10-13(9-12-5-2-3-6-14(12)16)18(28)26-19(29)15(25-17(27)11-21)7-4-8-24-20(22)23/h2-3,5-6,9-10,15H,4,7-8,11,21H2,1H3,(H,25,27)(H4,22,23,24)(H,26,28,29). The lowest BCUT2D eigenvalue weighted by molar-refractivity contribution is -0.128. The Labute approximate surface area is 173 Å².